The van der Waals surface area contributed by atoms with Crippen LogP contribution in [0.1, 0.15) is 24.7 Å². The second-order valence-corrected chi connectivity index (χ2v) is 5.05. The summed E-state index contributed by atoms with van der Waals surface area (Å²) in [6, 6.07) is 9.61. The van der Waals surface area contributed by atoms with Crippen molar-refractivity contribution in [1.82, 2.24) is 5.32 Å². The fourth-order valence-corrected chi connectivity index (χ4v) is 2.10. The Balaban J connectivity index is 1.80. The second-order valence-electron chi connectivity index (χ2n) is 4.65. The number of rotatable bonds is 6. The first-order valence-corrected chi connectivity index (χ1v) is 6.76. The number of para-hydroxylation sites is 1. The Labute approximate surface area is 118 Å². The number of phenols is 1. The fraction of sp³-hybridized carbons (Fsp3) is 0.333. The molecule has 102 valence electrons. The third-order valence-electron chi connectivity index (χ3n) is 3.12. The maximum absolute atomic E-state index is 9.80. The number of hydrogen-bond donors (Lipinski definition) is 2. The molecule has 1 heterocycles. The van der Waals surface area contributed by atoms with Crippen LogP contribution in [0.4, 0.5) is 0 Å². The lowest BCUT2D eigenvalue weighted by molar-refractivity contribution is 0.444. The molecule has 0 aliphatic heterocycles. The molecular formula is C15H18ClNO2. The highest BCUT2D eigenvalue weighted by Gasteiger charge is 2.07. The molecule has 0 fully saturated rings. The summed E-state index contributed by atoms with van der Waals surface area (Å²) in [7, 11) is 0. The summed E-state index contributed by atoms with van der Waals surface area (Å²) in [6.45, 7) is 2.72. The zero-order chi connectivity index (χ0) is 13.7. The molecule has 0 saturated heterocycles. The van der Waals surface area contributed by atoms with E-state index in [0.29, 0.717) is 17.6 Å². The van der Waals surface area contributed by atoms with Gasteiger partial charge in [-0.15, -0.1) is 0 Å². The summed E-state index contributed by atoms with van der Waals surface area (Å²) >= 11 is 5.87. The summed E-state index contributed by atoms with van der Waals surface area (Å²) in [5, 5.41) is 13.6. The van der Waals surface area contributed by atoms with Crippen LogP contribution in [0.25, 0.3) is 0 Å². The van der Waals surface area contributed by atoms with Crippen molar-refractivity contribution in [2.45, 2.75) is 32.4 Å². The molecule has 0 radical (unpaired) electrons. The van der Waals surface area contributed by atoms with Gasteiger partial charge in [0.25, 0.3) is 0 Å². The molecule has 1 aromatic heterocycles. The van der Waals surface area contributed by atoms with E-state index in [1.807, 2.05) is 24.3 Å². The Morgan fingerprint density at radius 1 is 1.32 bits per heavy atom. The first-order chi connectivity index (χ1) is 9.16. The van der Waals surface area contributed by atoms with Crippen LogP contribution in [0.5, 0.6) is 5.75 Å². The lowest BCUT2D eigenvalue weighted by Crippen LogP contribution is -2.25. The van der Waals surface area contributed by atoms with Gasteiger partial charge in [0, 0.05) is 24.6 Å². The molecule has 2 aromatic rings. The number of aryl methyl sites for hydroxylation is 1. The maximum Gasteiger partial charge on any atom is 0.138 e. The molecule has 1 aromatic carbocycles. The van der Waals surface area contributed by atoms with Crippen molar-refractivity contribution in [3.05, 3.63) is 52.9 Å². The van der Waals surface area contributed by atoms with Crippen LogP contribution < -0.4 is 5.32 Å². The normalized spacial score (nSPS) is 12.5. The van der Waals surface area contributed by atoms with Crippen molar-refractivity contribution in [2.75, 3.05) is 0 Å². The largest absolute Gasteiger partial charge is 0.506 e. The number of furan rings is 1. The van der Waals surface area contributed by atoms with Crippen LogP contribution in [0, 0.1) is 0 Å². The Hall–Kier alpha value is -1.45. The van der Waals surface area contributed by atoms with Crippen molar-refractivity contribution >= 4 is 11.6 Å². The van der Waals surface area contributed by atoms with Crippen molar-refractivity contribution in [3.63, 3.8) is 0 Å². The molecule has 1 unspecified atom stereocenters. The third kappa shape index (κ3) is 4.01. The maximum atomic E-state index is 9.80. The number of benzene rings is 1. The minimum Gasteiger partial charge on any atom is -0.506 e. The predicted molar refractivity (Wildman–Crippen MR) is 76.4 cm³/mol. The van der Waals surface area contributed by atoms with Gasteiger partial charge in [-0.25, -0.2) is 0 Å². The van der Waals surface area contributed by atoms with E-state index >= 15 is 0 Å². The molecule has 0 bridgehead atoms. The van der Waals surface area contributed by atoms with Gasteiger partial charge in [0.2, 0.25) is 0 Å². The van der Waals surface area contributed by atoms with Gasteiger partial charge < -0.3 is 14.8 Å². The summed E-state index contributed by atoms with van der Waals surface area (Å²) in [5.74, 6) is 1.16. The summed E-state index contributed by atoms with van der Waals surface area (Å²) in [4.78, 5) is 0. The SMILES string of the molecule is CC(CCc1ccco1)NCc1cccc(Cl)c1O. The van der Waals surface area contributed by atoms with Crippen LogP contribution >= 0.6 is 11.6 Å². The van der Waals surface area contributed by atoms with Gasteiger partial charge in [0.05, 0.1) is 11.3 Å². The van der Waals surface area contributed by atoms with E-state index in [0.717, 1.165) is 24.2 Å². The van der Waals surface area contributed by atoms with Gasteiger partial charge in [-0.1, -0.05) is 23.7 Å². The molecule has 0 saturated carbocycles. The number of nitrogens with one attached hydrogen (secondary N) is 1. The molecule has 0 spiro atoms. The lowest BCUT2D eigenvalue weighted by Gasteiger charge is -2.14. The number of aromatic hydroxyl groups is 1. The Bertz CT molecular complexity index is 511. The molecule has 2 rings (SSSR count). The van der Waals surface area contributed by atoms with Gasteiger partial charge in [-0.2, -0.15) is 0 Å². The van der Waals surface area contributed by atoms with Gasteiger partial charge in [0.1, 0.15) is 11.5 Å². The molecule has 0 aliphatic rings. The number of phenolic OH excluding ortho intramolecular Hbond substituents is 1. The summed E-state index contributed by atoms with van der Waals surface area (Å²) < 4.78 is 5.30. The third-order valence-corrected chi connectivity index (χ3v) is 3.42. The van der Waals surface area contributed by atoms with E-state index in [9.17, 15) is 5.11 Å². The molecule has 4 heteroatoms. The summed E-state index contributed by atoms with van der Waals surface area (Å²) in [5.41, 5.74) is 0.817. The van der Waals surface area contributed by atoms with Crippen molar-refractivity contribution in [1.29, 1.82) is 0 Å². The van der Waals surface area contributed by atoms with Gasteiger partial charge in [-0.05, 0) is 31.5 Å². The number of hydrogen-bond acceptors (Lipinski definition) is 3. The van der Waals surface area contributed by atoms with E-state index in [-0.39, 0.29) is 5.75 Å². The highest BCUT2D eigenvalue weighted by Crippen LogP contribution is 2.26. The molecular weight excluding hydrogens is 262 g/mol. The van der Waals surface area contributed by atoms with Gasteiger partial charge >= 0.3 is 0 Å². The monoisotopic (exact) mass is 279 g/mol. The standard InChI is InChI=1S/C15H18ClNO2/c1-11(7-8-13-5-3-9-19-13)17-10-12-4-2-6-14(16)15(12)18/h2-6,9,11,17-18H,7-8,10H2,1H3. The highest BCUT2D eigenvalue weighted by molar-refractivity contribution is 6.32. The molecule has 0 amide bonds. The van der Waals surface area contributed by atoms with E-state index < -0.39 is 0 Å². The first kappa shape index (κ1) is 14.0. The molecule has 3 nitrogen and oxygen atoms in total. The predicted octanol–water partition coefficient (Wildman–Crippen LogP) is 3.75. The average Bonchev–Trinajstić information content (AvgIpc) is 2.91. The second kappa shape index (κ2) is 6.64. The van der Waals surface area contributed by atoms with E-state index in [4.69, 9.17) is 16.0 Å². The van der Waals surface area contributed by atoms with Crippen LogP contribution in [0.15, 0.2) is 41.0 Å². The average molecular weight is 280 g/mol. The quantitative estimate of drug-likeness (QED) is 0.846. The molecule has 1 atom stereocenters. The molecule has 19 heavy (non-hydrogen) atoms. The van der Waals surface area contributed by atoms with Gasteiger partial charge in [-0.3, -0.25) is 0 Å². The minimum atomic E-state index is 0.162. The van der Waals surface area contributed by atoms with E-state index in [2.05, 4.69) is 12.2 Å². The van der Waals surface area contributed by atoms with Crippen LogP contribution in [-0.2, 0) is 13.0 Å². The lowest BCUT2D eigenvalue weighted by atomic mass is 10.1. The molecule has 2 N–H and O–H groups in total. The minimum absolute atomic E-state index is 0.162. The Morgan fingerprint density at radius 3 is 2.89 bits per heavy atom. The smallest absolute Gasteiger partial charge is 0.138 e. The Morgan fingerprint density at radius 2 is 2.16 bits per heavy atom. The zero-order valence-corrected chi connectivity index (χ0v) is 11.7. The van der Waals surface area contributed by atoms with E-state index in [1.54, 1.807) is 12.3 Å². The van der Waals surface area contributed by atoms with Crippen LogP contribution in [-0.4, -0.2) is 11.1 Å². The van der Waals surface area contributed by atoms with Crippen molar-refractivity contribution in [3.8, 4) is 5.75 Å². The topological polar surface area (TPSA) is 45.4 Å². The zero-order valence-electron chi connectivity index (χ0n) is 10.9. The molecule has 0 aliphatic carbocycles. The van der Waals surface area contributed by atoms with Crippen LogP contribution in [0.3, 0.4) is 0 Å². The number of halogens is 1. The van der Waals surface area contributed by atoms with Crippen molar-refractivity contribution < 1.29 is 9.52 Å². The van der Waals surface area contributed by atoms with Crippen LogP contribution in [0.2, 0.25) is 5.02 Å². The summed E-state index contributed by atoms with van der Waals surface area (Å²) in [6.07, 6.45) is 3.58. The Kier molecular flexibility index (Phi) is 4.88. The fourth-order valence-electron chi connectivity index (χ4n) is 1.90. The highest BCUT2D eigenvalue weighted by atomic mass is 35.5. The van der Waals surface area contributed by atoms with E-state index in [1.165, 1.54) is 0 Å². The first-order valence-electron chi connectivity index (χ1n) is 6.39. The van der Waals surface area contributed by atoms with Crippen molar-refractivity contribution in [2.24, 2.45) is 0 Å². The van der Waals surface area contributed by atoms with Gasteiger partial charge in [0.15, 0.2) is 0 Å².